The fourth-order valence-electron chi connectivity index (χ4n) is 3.52. The van der Waals surface area contributed by atoms with Gasteiger partial charge in [0.2, 0.25) is 0 Å². The van der Waals surface area contributed by atoms with E-state index in [9.17, 15) is 0 Å². The summed E-state index contributed by atoms with van der Waals surface area (Å²) in [6.07, 6.45) is 6.54. The second-order valence-corrected chi connectivity index (χ2v) is 11.0. The summed E-state index contributed by atoms with van der Waals surface area (Å²) in [4.78, 5) is 4.26. The molecule has 0 spiro atoms. The third-order valence-electron chi connectivity index (χ3n) is 4.88. The van der Waals surface area contributed by atoms with Gasteiger partial charge in [0.15, 0.2) is 0 Å². The standard InChI is InChI=1S/C18H26ClIN3S/c1-18(2)8-16(21)23(10-18)17(24)22-15-6-12(9-20-3)14(19)7-13(15)11-4-5-11/h6,11,14,21H,4-5,7-10H2,1-3H3,(H,22,24)/q-1. The number of hydrogen-bond donors (Lipinski definition) is 2. The summed E-state index contributed by atoms with van der Waals surface area (Å²) in [5.74, 6) is 1.31. The van der Waals surface area contributed by atoms with Gasteiger partial charge in [0.05, 0.1) is 0 Å². The van der Waals surface area contributed by atoms with E-state index in [4.69, 9.17) is 29.2 Å². The Hall–Kier alpha value is -0.140. The molecule has 2 N–H and O–H groups in total. The first-order chi connectivity index (χ1) is 11.3. The van der Waals surface area contributed by atoms with E-state index in [1.165, 1.54) is 29.7 Å². The summed E-state index contributed by atoms with van der Waals surface area (Å²) >= 11 is 12.5. The third-order valence-corrected chi connectivity index (χ3v) is 7.28. The van der Waals surface area contributed by atoms with Gasteiger partial charge in [0.1, 0.15) is 0 Å². The fraction of sp³-hybridized carbons (Fsp3) is 0.667. The summed E-state index contributed by atoms with van der Waals surface area (Å²) in [7, 11) is 0. The molecule has 0 aromatic heterocycles. The van der Waals surface area contributed by atoms with Crippen LogP contribution in [0.1, 0.15) is 39.5 Å². The SMILES string of the molecule is C[I-]CC1=CC(NC(=S)N2CC(C)(C)CC2=N)=C(C2CC2)CC1Cl. The molecule has 0 aromatic carbocycles. The Morgan fingerprint density at radius 2 is 2.21 bits per heavy atom. The molecule has 0 radical (unpaired) electrons. The van der Waals surface area contributed by atoms with E-state index in [1.54, 1.807) is 0 Å². The molecule has 0 bridgehead atoms. The van der Waals surface area contributed by atoms with Crippen LogP contribution in [0.2, 0.25) is 0 Å². The van der Waals surface area contributed by atoms with Crippen molar-refractivity contribution < 1.29 is 21.2 Å². The average molecular weight is 479 g/mol. The molecule has 1 aliphatic heterocycles. The van der Waals surface area contributed by atoms with E-state index in [2.05, 4.69) is 30.2 Å². The number of amidine groups is 1. The van der Waals surface area contributed by atoms with Gasteiger partial charge >= 0.3 is 167 Å². The number of hydrogen-bond acceptors (Lipinski definition) is 2. The van der Waals surface area contributed by atoms with Crippen molar-refractivity contribution in [1.29, 1.82) is 5.41 Å². The molecule has 24 heavy (non-hydrogen) atoms. The first-order valence-corrected chi connectivity index (χ1v) is 13.0. The molecular formula is C18H26ClIN3S-. The molecule has 3 aliphatic rings. The van der Waals surface area contributed by atoms with Gasteiger partial charge in [-0.05, 0) is 0 Å². The Morgan fingerprint density at radius 3 is 2.75 bits per heavy atom. The molecule has 2 fully saturated rings. The van der Waals surface area contributed by atoms with Gasteiger partial charge in [-0.25, -0.2) is 0 Å². The van der Waals surface area contributed by atoms with Crippen LogP contribution in [0.5, 0.6) is 0 Å². The molecule has 1 saturated carbocycles. The summed E-state index contributed by atoms with van der Waals surface area (Å²) in [6.45, 7) is 5.21. The first kappa shape index (κ1) is 18.6. The zero-order chi connectivity index (χ0) is 17.5. The number of halogens is 2. The van der Waals surface area contributed by atoms with Gasteiger partial charge in [-0.1, -0.05) is 0 Å². The molecule has 134 valence electrons. The van der Waals surface area contributed by atoms with Crippen LogP contribution >= 0.6 is 23.8 Å². The molecular weight excluding hydrogens is 453 g/mol. The molecule has 1 saturated heterocycles. The van der Waals surface area contributed by atoms with Gasteiger partial charge in [-0.3, -0.25) is 0 Å². The second-order valence-electron chi connectivity index (χ2n) is 7.81. The van der Waals surface area contributed by atoms with Crippen molar-refractivity contribution in [3.05, 3.63) is 22.9 Å². The molecule has 3 rings (SSSR count). The summed E-state index contributed by atoms with van der Waals surface area (Å²) in [5.41, 5.74) is 4.10. The van der Waals surface area contributed by atoms with Gasteiger partial charge in [0, 0.05) is 0 Å². The number of thiocarbonyl (C=S) groups is 1. The van der Waals surface area contributed by atoms with E-state index in [1.807, 2.05) is 4.90 Å². The number of alkyl halides is 3. The zero-order valence-corrected chi connectivity index (χ0v) is 18.3. The van der Waals surface area contributed by atoms with Gasteiger partial charge in [0.25, 0.3) is 0 Å². The topological polar surface area (TPSA) is 39.1 Å². The number of nitrogens with zero attached hydrogens (tertiary/aromatic N) is 1. The van der Waals surface area contributed by atoms with Crippen molar-refractivity contribution in [2.45, 2.75) is 44.9 Å². The molecule has 0 aromatic rings. The van der Waals surface area contributed by atoms with Crippen LogP contribution in [-0.4, -0.2) is 37.1 Å². The van der Waals surface area contributed by atoms with Crippen LogP contribution in [0.4, 0.5) is 0 Å². The average Bonchev–Trinajstić information content (AvgIpc) is 3.28. The molecule has 1 unspecified atom stereocenters. The van der Waals surface area contributed by atoms with Crippen molar-refractivity contribution in [1.82, 2.24) is 10.2 Å². The maximum absolute atomic E-state index is 8.24. The monoisotopic (exact) mass is 478 g/mol. The number of nitrogens with one attached hydrogen (secondary N) is 2. The van der Waals surface area contributed by atoms with Crippen LogP contribution in [0.15, 0.2) is 22.9 Å². The first-order valence-electron chi connectivity index (χ1n) is 8.48. The molecule has 1 heterocycles. The van der Waals surface area contributed by atoms with Gasteiger partial charge in [-0.15, -0.1) is 0 Å². The van der Waals surface area contributed by atoms with Crippen molar-refractivity contribution >= 4 is 34.8 Å². The van der Waals surface area contributed by atoms with Crippen LogP contribution in [0, 0.1) is 16.7 Å². The predicted octanol–water partition coefficient (Wildman–Crippen LogP) is 0.890. The van der Waals surface area contributed by atoms with E-state index >= 15 is 0 Å². The Labute approximate surface area is 166 Å². The van der Waals surface area contributed by atoms with E-state index in [0.717, 1.165) is 23.8 Å². The summed E-state index contributed by atoms with van der Waals surface area (Å²) < 4.78 is 1.15. The number of allylic oxidation sites excluding steroid dienone is 3. The van der Waals surface area contributed by atoms with Crippen LogP contribution in [0.3, 0.4) is 0 Å². The third kappa shape index (κ3) is 4.15. The molecule has 6 heteroatoms. The zero-order valence-electron chi connectivity index (χ0n) is 14.6. The van der Waals surface area contributed by atoms with Crippen LogP contribution in [-0.2, 0) is 0 Å². The Morgan fingerprint density at radius 1 is 1.50 bits per heavy atom. The molecule has 0 amide bonds. The van der Waals surface area contributed by atoms with Gasteiger partial charge < -0.3 is 0 Å². The van der Waals surface area contributed by atoms with Crippen molar-refractivity contribution in [3.63, 3.8) is 0 Å². The van der Waals surface area contributed by atoms with E-state index < -0.39 is 0 Å². The van der Waals surface area contributed by atoms with Crippen LogP contribution < -0.4 is 26.5 Å². The Balaban J connectivity index is 1.79. The van der Waals surface area contributed by atoms with E-state index in [0.29, 0.717) is 16.9 Å². The molecule has 3 nitrogen and oxygen atoms in total. The summed E-state index contributed by atoms with van der Waals surface area (Å²) in [5, 5.41) is 12.6. The Bertz CT molecular complexity index is 622. The van der Waals surface area contributed by atoms with Gasteiger partial charge in [-0.2, -0.15) is 0 Å². The predicted molar refractivity (Wildman–Crippen MR) is 101 cm³/mol. The second kappa shape index (κ2) is 7.23. The fourth-order valence-corrected chi connectivity index (χ4v) is 6.00. The maximum atomic E-state index is 8.24. The van der Waals surface area contributed by atoms with Crippen LogP contribution in [0.25, 0.3) is 0 Å². The Kier molecular flexibility index (Phi) is 5.62. The normalized spacial score (nSPS) is 26.8. The molecule has 1 atom stereocenters. The van der Waals surface area contributed by atoms with Crippen molar-refractivity contribution in [3.8, 4) is 0 Å². The van der Waals surface area contributed by atoms with E-state index in [-0.39, 0.29) is 32.0 Å². The quantitative estimate of drug-likeness (QED) is 0.358. The van der Waals surface area contributed by atoms with Crippen molar-refractivity contribution in [2.24, 2.45) is 11.3 Å². The minimum atomic E-state index is 0.123. The molecule has 2 aliphatic carbocycles. The number of rotatable bonds is 4. The van der Waals surface area contributed by atoms with Crippen molar-refractivity contribution in [2.75, 3.05) is 15.9 Å². The number of likely N-dealkylation sites (tertiary alicyclic amines) is 1. The minimum absolute atomic E-state index is 0.123. The summed E-state index contributed by atoms with van der Waals surface area (Å²) in [6, 6.07) is 0.